The Bertz CT molecular complexity index is 958. The first-order chi connectivity index (χ1) is 14.3. The van der Waals surface area contributed by atoms with Crippen molar-refractivity contribution in [3.8, 4) is 5.75 Å². The second-order valence-corrected chi connectivity index (χ2v) is 6.95. The Balaban J connectivity index is 1.58. The molecule has 1 atom stereocenters. The molecule has 3 rings (SSSR count). The molecule has 0 radical (unpaired) electrons. The summed E-state index contributed by atoms with van der Waals surface area (Å²) in [7, 11) is 1.52. The smallest absolute Gasteiger partial charge is 0.325 e. The Kier molecular flexibility index (Phi) is 6.05. The van der Waals surface area contributed by atoms with E-state index in [9.17, 15) is 19.2 Å². The van der Waals surface area contributed by atoms with E-state index in [4.69, 9.17) is 9.15 Å². The van der Waals surface area contributed by atoms with Gasteiger partial charge in [-0.1, -0.05) is 18.2 Å². The zero-order valence-electron chi connectivity index (χ0n) is 16.6. The molecule has 2 heterocycles. The SMILES string of the molecule is COc1ccccc1C[C@]1(C)NC(=O)N(CC(=O)NC(=O)NCc2ccco2)C1=O. The van der Waals surface area contributed by atoms with E-state index in [-0.39, 0.29) is 13.0 Å². The minimum absolute atomic E-state index is 0.0895. The van der Waals surface area contributed by atoms with Crippen molar-refractivity contribution in [1.29, 1.82) is 0 Å². The van der Waals surface area contributed by atoms with Crippen molar-refractivity contribution in [3.63, 3.8) is 0 Å². The third-order valence-corrected chi connectivity index (χ3v) is 4.64. The predicted molar refractivity (Wildman–Crippen MR) is 104 cm³/mol. The molecule has 30 heavy (non-hydrogen) atoms. The maximum absolute atomic E-state index is 12.9. The van der Waals surface area contributed by atoms with Crippen molar-refractivity contribution >= 4 is 23.9 Å². The number of rotatable bonds is 7. The van der Waals surface area contributed by atoms with Crippen LogP contribution in [-0.2, 0) is 22.6 Å². The number of para-hydroxylation sites is 1. The number of hydrogen-bond acceptors (Lipinski definition) is 6. The Hall–Kier alpha value is -3.82. The number of carbonyl (C=O) groups is 4. The summed E-state index contributed by atoms with van der Waals surface area (Å²) < 4.78 is 10.4. The zero-order chi connectivity index (χ0) is 21.7. The molecule has 1 fully saturated rings. The first-order valence-electron chi connectivity index (χ1n) is 9.18. The van der Waals surface area contributed by atoms with Crippen LogP contribution in [0.5, 0.6) is 5.75 Å². The number of benzene rings is 1. The Labute approximate surface area is 172 Å². The van der Waals surface area contributed by atoms with Gasteiger partial charge in [-0.15, -0.1) is 0 Å². The number of nitrogens with zero attached hydrogens (tertiary/aromatic N) is 1. The van der Waals surface area contributed by atoms with Gasteiger partial charge in [0.05, 0.1) is 19.9 Å². The van der Waals surface area contributed by atoms with Crippen molar-refractivity contribution in [1.82, 2.24) is 20.9 Å². The third kappa shape index (κ3) is 4.59. The lowest BCUT2D eigenvalue weighted by Crippen LogP contribution is -2.48. The van der Waals surface area contributed by atoms with Gasteiger partial charge in [-0.05, 0) is 30.7 Å². The molecule has 0 saturated carbocycles. The van der Waals surface area contributed by atoms with Gasteiger partial charge in [0.15, 0.2) is 0 Å². The van der Waals surface area contributed by atoms with Crippen molar-refractivity contribution in [2.75, 3.05) is 13.7 Å². The maximum Gasteiger partial charge on any atom is 0.325 e. The van der Waals surface area contributed by atoms with Crippen LogP contribution in [0, 0.1) is 0 Å². The van der Waals surface area contributed by atoms with Gasteiger partial charge in [0, 0.05) is 6.42 Å². The van der Waals surface area contributed by atoms with Gasteiger partial charge in [-0.3, -0.25) is 19.8 Å². The minimum Gasteiger partial charge on any atom is -0.496 e. The maximum atomic E-state index is 12.9. The molecule has 2 aromatic rings. The number of furan rings is 1. The monoisotopic (exact) mass is 414 g/mol. The quantitative estimate of drug-likeness (QED) is 0.583. The van der Waals surface area contributed by atoms with Gasteiger partial charge in [0.1, 0.15) is 23.6 Å². The summed E-state index contributed by atoms with van der Waals surface area (Å²) in [5, 5.41) is 7.14. The number of imide groups is 2. The molecular formula is C20H22N4O6. The highest BCUT2D eigenvalue weighted by atomic mass is 16.5. The lowest BCUT2D eigenvalue weighted by atomic mass is 9.92. The van der Waals surface area contributed by atoms with E-state index in [0.717, 1.165) is 10.5 Å². The molecule has 0 unspecified atom stereocenters. The van der Waals surface area contributed by atoms with Gasteiger partial charge in [-0.25, -0.2) is 9.59 Å². The fourth-order valence-corrected chi connectivity index (χ4v) is 3.17. The standard InChI is InChI=1S/C20H22N4O6/c1-20(10-13-6-3-4-8-15(13)29-2)17(26)24(19(28)23-20)12-16(25)22-18(27)21-11-14-7-5-9-30-14/h3-9H,10-12H2,1-2H3,(H,23,28)(H2,21,22,25,27)/t20-/m0/s1. The molecule has 1 saturated heterocycles. The van der Waals surface area contributed by atoms with Crippen LogP contribution >= 0.6 is 0 Å². The summed E-state index contributed by atoms with van der Waals surface area (Å²) in [6, 6.07) is 9.01. The van der Waals surface area contributed by atoms with Crippen molar-refractivity contribution in [3.05, 3.63) is 54.0 Å². The summed E-state index contributed by atoms with van der Waals surface area (Å²) in [6.07, 6.45) is 1.64. The second-order valence-electron chi connectivity index (χ2n) is 6.95. The molecule has 1 aromatic heterocycles. The van der Waals surface area contributed by atoms with E-state index in [1.807, 2.05) is 0 Å². The molecule has 0 bridgehead atoms. The van der Waals surface area contributed by atoms with Gasteiger partial charge in [-0.2, -0.15) is 0 Å². The van der Waals surface area contributed by atoms with E-state index in [2.05, 4.69) is 16.0 Å². The number of nitrogens with one attached hydrogen (secondary N) is 3. The largest absolute Gasteiger partial charge is 0.496 e. The Morgan fingerprint density at radius 1 is 1.20 bits per heavy atom. The molecule has 0 aliphatic carbocycles. The van der Waals surface area contributed by atoms with Crippen LogP contribution in [0.2, 0.25) is 0 Å². The average Bonchev–Trinajstić information content (AvgIpc) is 3.30. The van der Waals surface area contributed by atoms with Crippen LogP contribution in [0.15, 0.2) is 47.1 Å². The summed E-state index contributed by atoms with van der Waals surface area (Å²) in [5.41, 5.74) is -0.507. The first kappa shape index (κ1) is 20.9. The fourth-order valence-electron chi connectivity index (χ4n) is 3.17. The average molecular weight is 414 g/mol. The molecule has 158 valence electrons. The summed E-state index contributed by atoms with van der Waals surface area (Å²) in [6.45, 7) is 1.08. The summed E-state index contributed by atoms with van der Waals surface area (Å²) in [5.74, 6) is -0.259. The van der Waals surface area contributed by atoms with Crippen LogP contribution in [0.4, 0.5) is 9.59 Å². The molecule has 6 amide bonds. The Morgan fingerprint density at radius 3 is 2.67 bits per heavy atom. The van der Waals surface area contributed by atoms with Crippen molar-refractivity contribution in [2.45, 2.75) is 25.4 Å². The van der Waals surface area contributed by atoms with Crippen molar-refractivity contribution < 1.29 is 28.3 Å². The molecular weight excluding hydrogens is 392 g/mol. The van der Waals surface area contributed by atoms with E-state index in [0.29, 0.717) is 11.5 Å². The topological polar surface area (TPSA) is 130 Å². The highest BCUT2D eigenvalue weighted by Gasteiger charge is 2.48. The Morgan fingerprint density at radius 2 is 1.97 bits per heavy atom. The normalized spacial score (nSPS) is 18.1. The molecule has 0 spiro atoms. The van der Waals surface area contributed by atoms with Gasteiger partial charge in [0.25, 0.3) is 5.91 Å². The van der Waals surface area contributed by atoms with Gasteiger partial charge in [0.2, 0.25) is 5.91 Å². The number of methoxy groups -OCH3 is 1. The van der Waals surface area contributed by atoms with E-state index in [1.54, 1.807) is 43.3 Å². The number of hydrogen-bond donors (Lipinski definition) is 3. The predicted octanol–water partition coefficient (Wildman–Crippen LogP) is 1.17. The third-order valence-electron chi connectivity index (χ3n) is 4.64. The van der Waals surface area contributed by atoms with Crippen LogP contribution in [0.1, 0.15) is 18.2 Å². The van der Waals surface area contributed by atoms with E-state index >= 15 is 0 Å². The molecule has 1 aromatic carbocycles. The molecule has 10 heteroatoms. The number of amides is 6. The van der Waals surface area contributed by atoms with Crippen molar-refractivity contribution in [2.24, 2.45) is 0 Å². The zero-order valence-corrected chi connectivity index (χ0v) is 16.6. The van der Waals surface area contributed by atoms with Crippen LogP contribution < -0.4 is 20.7 Å². The molecule has 1 aliphatic rings. The molecule has 3 N–H and O–H groups in total. The first-order valence-corrected chi connectivity index (χ1v) is 9.18. The van der Waals surface area contributed by atoms with Gasteiger partial charge < -0.3 is 19.8 Å². The van der Waals surface area contributed by atoms with Crippen LogP contribution in [0.25, 0.3) is 0 Å². The number of carbonyl (C=O) groups excluding carboxylic acids is 4. The molecule has 10 nitrogen and oxygen atoms in total. The highest BCUT2D eigenvalue weighted by molar-refractivity contribution is 6.09. The summed E-state index contributed by atoms with van der Waals surface area (Å²) in [4.78, 5) is 49.9. The number of ether oxygens (including phenoxy) is 1. The van der Waals surface area contributed by atoms with E-state index < -0.39 is 36.0 Å². The highest BCUT2D eigenvalue weighted by Crippen LogP contribution is 2.27. The fraction of sp³-hybridized carbons (Fsp3) is 0.300. The number of urea groups is 2. The molecule has 1 aliphatic heterocycles. The van der Waals surface area contributed by atoms with Gasteiger partial charge >= 0.3 is 12.1 Å². The lowest BCUT2D eigenvalue weighted by molar-refractivity contribution is -0.134. The van der Waals surface area contributed by atoms with Crippen LogP contribution in [0.3, 0.4) is 0 Å². The second kappa shape index (κ2) is 8.68. The lowest BCUT2D eigenvalue weighted by Gasteiger charge is -2.22. The van der Waals surface area contributed by atoms with Crippen LogP contribution in [-0.4, -0.2) is 48.0 Å². The minimum atomic E-state index is -1.24. The summed E-state index contributed by atoms with van der Waals surface area (Å²) >= 11 is 0. The van der Waals surface area contributed by atoms with E-state index in [1.165, 1.54) is 13.4 Å².